The number of hydrogen-bond acceptors (Lipinski definition) is 5. The molecule has 1 aromatic carbocycles. The maximum atomic E-state index is 14.2. The standard InChI is InChI=1S/C18H25F3NO5P/c1-4-26-28(24,27-5-2)15-12-9-13-22(15)16(23)17(25-3,18(19,20)21)14-10-7-6-8-11-14/h6-8,10-11,15H,4-5,9,12-13H2,1-3H3/t15-,17-/m0/s1. The lowest BCUT2D eigenvalue weighted by molar-refractivity contribution is -0.270. The number of ether oxygens (including phenoxy) is 1. The maximum Gasteiger partial charge on any atom is 0.430 e. The average Bonchev–Trinajstić information content (AvgIpc) is 3.13. The summed E-state index contributed by atoms with van der Waals surface area (Å²) in [5.41, 5.74) is -3.55. The van der Waals surface area contributed by atoms with Gasteiger partial charge in [-0.3, -0.25) is 9.36 Å². The second-order valence-corrected chi connectivity index (χ2v) is 8.44. The van der Waals surface area contributed by atoms with E-state index in [1.54, 1.807) is 19.9 Å². The van der Waals surface area contributed by atoms with Crippen LogP contribution < -0.4 is 0 Å². The van der Waals surface area contributed by atoms with E-state index in [9.17, 15) is 22.5 Å². The molecule has 0 aliphatic carbocycles. The molecule has 0 spiro atoms. The average molecular weight is 423 g/mol. The largest absolute Gasteiger partial charge is 0.430 e. The molecule has 1 fully saturated rings. The van der Waals surface area contributed by atoms with E-state index in [2.05, 4.69) is 0 Å². The zero-order valence-corrected chi connectivity index (χ0v) is 17.0. The Morgan fingerprint density at radius 3 is 2.21 bits per heavy atom. The molecule has 1 aromatic rings. The van der Waals surface area contributed by atoms with Crippen molar-refractivity contribution < 1.29 is 36.3 Å². The zero-order valence-electron chi connectivity index (χ0n) is 16.1. The number of hydrogen-bond donors (Lipinski definition) is 0. The third-order valence-electron chi connectivity index (χ3n) is 4.65. The van der Waals surface area contributed by atoms with Gasteiger partial charge in [0.2, 0.25) is 0 Å². The fourth-order valence-electron chi connectivity index (χ4n) is 3.49. The first-order valence-electron chi connectivity index (χ1n) is 9.05. The molecule has 1 amide bonds. The molecule has 0 bridgehead atoms. The van der Waals surface area contributed by atoms with Crippen LogP contribution in [0.15, 0.2) is 30.3 Å². The van der Waals surface area contributed by atoms with E-state index >= 15 is 0 Å². The Hall–Kier alpha value is -1.41. The second kappa shape index (κ2) is 8.95. The Morgan fingerprint density at radius 2 is 1.75 bits per heavy atom. The third kappa shape index (κ3) is 3.99. The Bertz CT molecular complexity index is 705. The van der Waals surface area contributed by atoms with Gasteiger partial charge in [-0.25, -0.2) is 0 Å². The van der Waals surface area contributed by atoms with Crippen molar-refractivity contribution in [1.82, 2.24) is 4.90 Å². The minimum atomic E-state index is -5.03. The number of likely N-dealkylation sites (tertiary alicyclic amines) is 1. The lowest BCUT2D eigenvalue weighted by Crippen LogP contribution is -2.57. The molecule has 0 radical (unpaired) electrons. The van der Waals surface area contributed by atoms with Crippen LogP contribution in [0.2, 0.25) is 0 Å². The maximum absolute atomic E-state index is 14.2. The van der Waals surface area contributed by atoms with Crippen LogP contribution in [-0.4, -0.2) is 49.6 Å². The minimum absolute atomic E-state index is 0.00165. The minimum Gasteiger partial charge on any atom is -0.356 e. The van der Waals surface area contributed by atoms with Crippen molar-refractivity contribution in [1.29, 1.82) is 0 Å². The van der Waals surface area contributed by atoms with E-state index in [0.29, 0.717) is 6.42 Å². The van der Waals surface area contributed by atoms with Gasteiger partial charge >= 0.3 is 13.8 Å². The summed E-state index contributed by atoms with van der Waals surface area (Å²) in [6, 6.07) is 6.71. The number of nitrogens with zero attached hydrogens (tertiary/aromatic N) is 1. The van der Waals surface area contributed by atoms with E-state index in [1.165, 1.54) is 24.3 Å². The molecule has 6 nitrogen and oxygen atoms in total. The van der Waals surface area contributed by atoms with E-state index in [1.807, 2.05) is 0 Å². The molecule has 10 heteroatoms. The SMILES string of the molecule is CCOP(=O)(OCC)[C@H]1CCCN1C(=O)[C@@](OC)(c1ccccc1)C(F)(F)F. The topological polar surface area (TPSA) is 65.1 Å². The lowest BCUT2D eigenvalue weighted by Gasteiger charge is -2.39. The van der Waals surface area contributed by atoms with Crippen LogP contribution in [0.25, 0.3) is 0 Å². The molecule has 1 saturated heterocycles. The highest BCUT2D eigenvalue weighted by Gasteiger charge is 2.65. The number of halogens is 3. The molecule has 2 atom stereocenters. The second-order valence-electron chi connectivity index (χ2n) is 6.25. The lowest BCUT2D eigenvalue weighted by atomic mass is 9.91. The summed E-state index contributed by atoms with van der Waals surface area (Å²) in [6.45, 7) is 3.30. The van der Waals surface area contributed by atoms with Gasteiger partial charge in [-0.1, -0.05) is 30.3 Å². The highest BCUT2D eigenvalue weighted by atomic mass is 31.2. The fraction of sp³-hybridized carbons (Fsp3) is 0.611. The van der Waals surface area contributed by atoms with Crippen LogP contribution >= 0.6 is 7.60 Å². The Balaban J connectivity index is 2.53. The highest BCUT2D eigenvalue weighted by Crippen LogP contribution is 2.58. The molecule has 0 N–H and O–H groups in total. The van der Waals surface area contributed by atoms with Gasteiger partial charge in [0.25, 0.3) is 11.5 Å². The van der Waals surface area contributed by atoms with E-state index < -0.39 is 31.1 Å². The van der Waals surface area contributed by atoms with Gasteiger partial charge in [-0.05, 0) is 26.7 Å². The molecule has 0 unspecified atom stereocenters. The molecule has 1 heterocycles. The molecular weight excluding hydrogens is 398 g/mol. The number of benzene rings is 1. The number of carbonyl (C=O) groups is 1. The van der Waals surface area contributed by atoms with Crippen LogP contribution in [-0.2, 0) is 28.7 Å². The van der Waals surface area contributed by atoms with Crippen LogP contribution in [0.3, 0.4) is 0 Å². The zero-order chi connectivity index (χ0) is 21.0. The Morgan fingerprint density at radius 1 is 1.18 bits per heavy atom. The summed E-state index contributed by atoms with van der Waals surface area (Å²) in [4.78, 5) is 14.2. The number of alkyl halides is 3. The molecule has 158 valence electrons. The van der Waals surface area contributed by atoms with Gasteiger partial charge in [0, 0.05) is 19.2 Å². The van der Waals surface area contributed by atoms with Gasteiger partial charge < -0.3 is 18.7 Å². The number of methoxy groups -OCH3 is 1. The van der Waals surface area contributed by atoms with Crippen molar-refractivity contribution >= 4 is 13.5 Å². The first-order valence-corrected chi connectivity index (χ1v) is 10.7. The van der Waals surface area contributed by atoms with Crippen molar-refractivity contribution in [2.75, 3.05) is 26.9 Å². The molecular formula is C18H25F3NO5P. The van der Waals surface area contributed by atoms with E-state index in [-0.39, 0.29) is 31.7 Å². The van der Waals surface area contributed by atoms with E-state index in [0.717, 1.165) is 12.0 Å². The predicted molar refractivity (Wildman–Crippen MR) is 96.8 cm³/mol. The summed E-state index contributed by atoms with van der Waals surface area (Å²) in [6.07, 6.45) is -4.43. The highest BCUT2D eigenvalue weighted by molar-refractivity contribution is 7.54. The van der Waals surface area contributed by atoms with Gasteiger partial charge in [0.05, 0.1) is 13.2 Å². The number of rotatable bonds is 8. The van der Waals surface area contributed by atoms with Crippen molar-refractivity contribution in [3.63, 3.8) is 0 Å². The fourth-order valence-corrected chi connectivity index (χ4v) is 5.69. The summed E-state index contributed by atoms with van der Waals surface area (Å²) >= 11 is 0. The van der Waals surface area contributed by atoms with Crippen LogP contribution in [0.5, 0.6) is 0 Å². The van der Waals surface area contributed by atoms with Gasteiger partial charge in [0.1, 0.15) is 5.78 Å². The molecule has 0 aromatic heterocycles. The first kappa shape index (κ1) is 22.9. The molecule has 28 heavy (non-hydrogen) atoms. The van der Waals surface area contributed by atoms with Gasteiger partial charge in [-0.2, -0.15) is 13.2 Å². The smallest absolute Gasteiger partial charge is 0.356 e. The Kier molecular flexibility index (Phi) is 7.31. The van der Waals surface area contributed by atoms with Crippen molar-refractivity contribution in [2.45, 2.75) is 44.2 Å². The van der Waals surface area contributed by atoms with E-state index in [4.69, 9.17) is 13.8 Å². The van der Waals surface area contributed by atoms with Crippen LogP contribution in [0.1, 0.15) is 32.3 Å². The van der Waals surface area contributed by atoms with Crippen LogP contribution in [0, 0.1) is 0 Å². The van der Waals surface area contributed by atoms with Gasteiger partial charge in [0.15, 0.2) is 0 Å². The monoisotopic (exact) mass is 423 g/mol. The molecule has 2 rings (SSSR count). The van der Waals surface area contributed by atoms with Crippen molar-refractivity contribution in [3.05, 3.63) is 35.9 Å². The molecule has 0 saturated carbocycles. The summed E-state index contributed by atoms with van der Waals surface area (Å²) in [5, 5.41) is 0. The first-order chi connectivity index (χ1) is 13.2. The number of carbonyl (C=O) groups excluding carboxylic acids is 1. The Labute approximate surface area is 162 Å². The quantitative estimate of drug-likeness (QED) is 0.584. The summed E-state index contributed by atoms with van der Waals surface area (Å²) in [5.74, 6) is -2.42. The summed E-state index contributed by atoms with van der Waals surface area (Å²) < 4.78 is 71.1. The normalized spacial score (nSPS) is 20.2. The molecule has 1 aliphatic heterocycles. The third-order valence-corrected chi connectivity index (χ3v) is 7.16. The number of amides is 1. The van der Waals surface area contributed by atoms with Crippen molar-refractivity contribution in [3.8, 4) is 0 Å². The molecule has 1 aliphatic rings. The van der Waals surface area contributed by atoms with Gasteiger partial charge in [-0.15, -0.1) is 0 Å². The predicted octanol–water partition coefficient (Wildman–Crippen LogP) is 4.31. The van der Waals surface area contributed by atoms with Crippen molar-refractivity contribution in [2.24, 2.45) is 0 Å². The summed E-state index contributed by atoms with van der Waals surface area (Å²) in [7, 11) is -2.98. The van der Waals surface area contributed by atoms with Crippen LogP contribution in [0.4, 0.5) is 13.2 Å².